The van der Waals surface area contributed by atoms with Crippen LogP contribution in [-0.2, 0) is 5.75 Å². The molecule has 0 unspecified atom stereocenters. The van der Waals surface area contributed by atoms with Crippen molar-refractivity contribution in [1.82, 2.24) is 30.0 Å². The molecular weight excluding hydrogens is 480 g/mol. The van der Waals surface area contributed by atoms with Crippen molar-refractivity contribution in [2.24, 2.45) is 0 Å². The summed E-state index contributed by atoms with van der Waals surface area (Å²) in [5, 5.41) is 15.3. The highest BCUT2D eigenvalue weighted by atomic mass is 32.2. The van der Waals surface area contributed by atoms with E-state index < -0.39 is 0 Å². The quantitative estimate of drug-likeness (QED) is 0.325. The average Bonchev–Trinajstić information content (AvgIpc) is 3.64. The van der Waals surface area contributed by atoms with E-state index in [0.29, 0.717) is 29.6 Å². The van der Waals surface area contributed by atoms with Crippen LogP contribution < -0.4 is 5.32 Å². The van der Waals surface area contributed by atoms with Crippen LogP contribution in [0.4, 0.5) is 0 Å². The number of thiazole rings is 1. The molecule has 4 heterocycles. The van der Waals surface area contributed by atoms with E-state index in [0.717, 1.165) is 41.0 Å². The van der Waals surface area contributed by atoms with Crippen molar-refractivity contribution in [2.75, 3.05) is 26.2 Å². The van der Waals surface area contributed by atoms with E-state index in [1.54, 1.807) is 18.0 Å². The van der Waals surface area contributed by atoms with Crippen LogP contribution in [0.1, 0.15) is 40.3 Å². The molecule has 1 saturated heterocycles. The molecule has 1 aromatic carbocycles. The zero-order valence-corrected chi connectivity index (χ0v) is 21.3. The smallest absolute Gasteiger partial charge is 0.270 e. The van der Waals surface area contributed by atoms with Crippen LogP contribution in [-0.4, -0.2) is 56.7 Å². The highest BCUT2D eigenvalue weighted by Gasteiger charge is 2.20. The predicted octanol–water partition coefficient (Wildman–Crippen LogP) is 4.80. The molecule has 182 valence electrons. The number of nitrogens with one attached hydrogen (secondary N) is 1. The van der Waals surface area contributed by atoms with Crippen LogP contribution in [0.15, 0.2) is 57.6 Å². The summed E-state index contributed by atoms with van der Waals surface area (Å²) in [6.07, 6.45) is 5.45. The van der Waals surface area contributed by atoms with Gasteiger partial charge in [-0.1, -0.05) is 36.4 Å². The third-order valence-corrected chi connectivity index (χ3v) is 7.97. The number of nitrogens with zero attached hydrogens (tertiary/aromatic N) is 5. The fourth-order valence-corrected chi connectivity index (χ4v) is 5.91. The van der Waals surface area contributed by atoms with Gasteiger partial charge in [0.15, 0.2) is 10.9 Å². The van der Waals surface area contributed by atoms with E-state index in [2.05, 4.69) is 38.4 Å². The lowest BCUT2D eigenvalue weighted by Gasteiger charge is -2.26. The lowest BCUT2D eigenvalue weighted by Crippen LogP contribution is -2.37. The highest BCUT2D eigenvalue weighted by Crippen LogP contribution is 2.31. The largest absolute Gasteiger partial charge is 0.461 e. The number of para-hydroxylation sites is 1. The van der Waals surface area contributed by atoms with Crippen molar-refractivity contribution in [3.8, 4) is 17.3 Å². The molecule has 0 spiro atoms. The zero-order valence-electron chi connectivity index (χ0n) is 19.6. The molecule has 1 N–H and O–H groups in total. The molecule has 4 aromatic rings. The molecule has 3 aromatic heterocycles. The number of furan rings is 1. The Morgan fingerprint density at radius 3 is 2.80 bits per heavy atom. The second-order valence-electron chi connectivity index (χ2n) is 8.48. The first-order chi connectivity index (χ1) is 17.2. The molecule has 0 radical (unpaired) electrons. The van der Waals surface area contributed by atoms with Gasteiger partial charge in [-0.15, -0.1) is 21.5 Å². The van der Waals surface area contributed by atoms with Crippen molar-refractivity contribution in [3.63, 3.8) is 0 Å². The highest BCUT2D eigenvalue weighted by molar-refractivity contribution is 7.98. The first-order valence-electron chi connectivity index (χ1n) is 11.8. The number of thioether (sulfide) groups is 1. The molecule has 1 amide bonds. The van der Waals surface area contributed by atoms with Crippen LogP contribution in [0.25, 0.3) is 17.3 Å². The van der Waals surface area contributed by atoms with Gasteiger partial charge in [-0.2, -0.15) is 0 Å². The Morgan fingerprint density at radius 1 is 1.14 bits per heavy atom. The molecule has 35 heavy (non-hydrogen) atoms. The van der Waals surface area contributed by atoms with Gasteiger partial charge in [0.05, 0.1) is 17.7 Å². The molecule has 1 aliphatic heterocycles. The monoisotopic (exact) mass is 508 g/mol. The van der Waals surface area contributed by atoms with Gasteiger partial charge in [-0.3, -0.25) is 9.36 Å². The maximum atomic E-state index is 12.6. The standard InChI is InChI=1S/C25H28N6O2S2/c1-18-8-3-4-9-20(18)31-23(21-10-7-15-33-21)28-29-25(31)35-17-22-27-19(16-34-22)24(32)26-11-14-30-12-5-2-6-13-30/h3-4,7-10,15-16H,2,5-6,11-14,17H2,1H3,(H,26,32). The third-order valence-electron chi connectivity index (χ3n) is 6.00. The normalized spacial score (nSPS) is 14.3. The maximum absolute atomic E-state index is 12.6. The van der Waals surface area contributed by atoms with Crippen LogP contribution in [0, 0.1) is 6.92 Å². The summed E-state index contributed by atoms with van der Waals surface area (Å²) < 4.78 is 7.62. The Bertz CT molecular complexity index is 1260. The number of carbonyl (C=O) groups is 1. The van der Waals surface area contributed by atoms with Crippen molar-refractivity contribution in [1.29, 1.82) is 0 Å². The molecule has 5 rings (SSSR count). The summed E-state index contributed by atoms with van der Waals surface area (Å²) in [5.41, 5.74) is 2.58. The van der Waals surface area contributed by atoms with Gasteiger partial charge in [0, 0.05) is 18.5 Å². The first-order valence-corrected chi connectivity index (χ1v) is 13.7. The minimum absolute atomic E-state index is 0.113. The van der Waals surface area contributed by atoms with Crippen molar-refractivity contribution >= 4 is 29.0 Å². The summed E-state index contributed by atoms with van der Waals surface area (Å²) >= 11 is 3.03. The number of hydrogen-bond acceptors (Lipinski definition) is 8. The molecule has 0 bridgehead atoms. The van der Waals surface area contributed by atoms with E-state index in [4.69, 9.17) is 4.42 Å². The fraction of sp³-hybridized carbons (Fsp3) is 0.360. The van der Waals surface area contributed by atoms with Crippen molar-refractivity contribution < 1.29 is 9.21 Å². The number of hydrogen-bond donors (Lipinski definition) is 1. The Kier molecular flexibility index (Phi) is 7.60. The van der Waals surface area contributed by atoms with E-state index in [1.807, 2.05) is 40.3 Å². The molecule has 0 saturated carbocycles. The summed E-state index contributed by atoms with van der Waals surface area (Å²) in [7, 11) is 0. The Hall–Kier alpha value is -2.95. The molecule has 0 aliphatic carbocycles. The van der Waals surface area contributed by atoms with Gasteiger partial charge in [0.1, 0.15) is 10.7 Å². The van der Waals surface area contributed by atoms with Crippen molar-refractivity contribution in [2.45, 2.75) is 37.1 Å². The molecule has 1 aliphatic rings. The topological polar surface area (TPSA) is 89.1 Å². The van der Waals surface area contributed by atoms with E-state index in [-0.39, 0.29) is 5.91 Å². The van der Waals surface area contributed by atoms with Gasteiger partial charge in [-0.25, -0.2) is 4.98 Å². The van der Waals surface area contributed by atoms with E-state index in [1.165, 1.54) is 30.6 Å². The summed E-state index contributed by atoms with van der Waals surface area (Å²) in [6, 6.07) is 11.8. The lowest BCUT2D eigenvalue weighted by molar-refractivity contribution is 0.0942. The Labute approximate surface area is 212 Å². The van der Waals surface area contributed by atoms with Crippen molar-refractivity contribution in [3.05, 3.63) is 64.3 Å². The molecule has 8 nitrogen and oxygen atoms in total. The maximum Gasteiger partial charge on any atom is 0.270 e. The predicted molar refractivity (Wildman–Crippen MR) is 138 cm³/mol. The fourth-order valence-electron chi connectivity index (χ4n) is 4.17. The third kappa shape index (κ3) is 5.66. The van der Waals surface area contributed by atoms with Gasteiger partial charge >= 0.3 is 0 Å². The van der Waals surface area contributed by atoms with E-state index in [9.17, 15) is 4.79 Å². The Morgan fingerprint density at radius 2 is 2.00 bits per heavy atom. The molecule has 0 atom stereocenters. The van der Waals surface area contributed by atoms with Gasteiger partial charge in [-0.05, 0) is 56.6 Å². The number of aromatic nitrogens is 4. The zero-order chi connectivity index (χ0) is 24.0. The van der Waals surface area contributed by atoms with Crippen LogP contribution in [0.2, 0.25) is 0 Å². The van der Waals surface area contributed by atoms with Crippen LogP contribution in [0.3, 0.4) is 0 Å². The second-order valence-corrected chi connectivity index (χ2v) is 10.4. The second kappa shape index (κ2) is 11.2. The summed E-state index contributed by atoms with van der Waals surface area (Å²) in [5.74, 6) is 1.79. The number of rotatable bonds is 9. The van der Waals surface area contributed by atoms with Gasteiger partial charge in [0.2, 0.25) is 5.82 Å². The SMILES string of the molecule is Cc1ccccc1-n1c(SCc2nc(C(=O)NCCN3CCCCC3)cs2)nnc1-c1ccco1. The Balaban J connectivity index is 1.25. The average molecular weight is 509 g/mol. The number of likely N-dealkylation sites (tertiary alicyclic amines) is 1. The number of amides is 1. The number of piperidine rings is 1. The molecule has 1 fully saturated rings. The summed E-state index contributed by atoms with van der Waals surface area (Å²) in [4.78, 5) is 19.5. The van der Waals surface area contributed by atoms with Crippen LogP contribution in [0.5, 0.6) is 0 Å². The summed E-state index contributed by atoms with van der Waals surface area (Å²) in [6.45, 7) is 5.86. The first kappa shape index (κ1) is 23.8. The number of benzene rings is 1. The minimum Gasteiger partial charge on any atom is -0.461 e. The lowest BCUT2D eigenvalue weighted by atomic mass is 10.1. The molecule has 10 heteroatoms. The van der Waals surface area contributed by atoms with Gasteiger partial charge in [0.25, 0.3) is 5.91 Å². The minimum atomic E-state index is -0.113. The molecular formula is C25H28N6O2S2. The van der Waals surface area contributed by atoms with Gasteiger partial charge < -0.3 is 14.6 Å². The number of carbonyl (C=O) groups excluding carboxylic acids is 1. The van der Waals surface area contributed by atoms with E-state index >= 15 is 0 Å². The number of aryl methyl sites for hydroxylation is 1. The van der Waals surface area contributed by atoms with Crippen LogP contribution >= 0.6 is 23.1 Å².